The van der Waals surface area contributed by atoms with Gasteiger partial charge in [-0.25, -0.2) is 0 Å². The summed E-state index contributed by atoms with van der Waals surface area (Å²) in [6.45, 7) is 25.4. The maximum Gasteiger partial charge on any atom is 0.163 e. The van der Waals surface area contributed by atoms with Crippen molar-refractivity contribution in [3.8, 4) is 0 Å². The second-order valence-corrected chi connectivity index (χ2v) is 11.6. The van der Waals surface area contributed by atoms with Crippen LogP contribution in [0.3, 0.4) is 0 Å². The van der Waals surface area contributed by atoms with Crippen LogP contribution in [-0.4, -0.2) is 46.2 Å². The zero-order valence-corrected chi connectivity index (χ0v) is 19.0. The average Bonchev–Trinajstić information content (AvgIpc) is 2.19. The lowest BCUT2D eigenvalue weighted by Gasteiger charge is -2.48. The highest BCUT2D eigenvalue weighted by molar-refractivity contribution is 6.41. The largest absolute Gasteiger partial charge is 0.384 e. The van der Waals surface area contributed by atoms with Crippen molar-refractivity contribution >= 4 is 23.0 Å². The summed E-state index contributed by atoms with van der Waals surface area (Å²) in [7, 11) is 5.54. The quantitative estimate of drug-likeness (QED) is 0.570. The molecular weight excluding hydrogens is 293 g/mol. The summed E-state index contributed by atoms with van der Waals surface area (Å²) in [5.74, 6) is 0.648. The Morgan fingerprint density at radius 2 is 1.33 bits per heavy atom. The standard InChI is InChI=1S/C19H43B3O2/c1-14(2)22-18(9,10)23-13-19(11,21)15(3,4)12-16(5,6)24-17(7,8)20/h14,22H,12-13,20-21H2,1-11H3. The Bertz CT molecular complexity index is 394. The monoisotopic (exact) mass is 336 g/mol. The van der Waals surface area contributed by atoms with E-state index in [4.69, 9.17) is 9.47 Å². The normalized spacial score (nSPS) is 17.0. The highest BCUT2D eigenvalue weighted by Crippen LogP contribution is 2.49. The van der Waals surface area contributed by atoms with Crippen molar-refractivity contribution in [2.24, 2.45) is 5.41 Å². The van der Waals surface area contributed by atoms with E-state index in [1.165, 1.54) is 0 Å². The lowest BCUT2D eigenvalue weighted by molar-refractivity contribution is -0.108. The molecule has 0 N–H and O–H groups in total. The van der Waals surface area contributed by atoms with Crippen LogP contribution in [0.2, 0.25) is 11.1 Å². The third-order valence-electron chi connectivity index (χ3n) is 5.01. The molecule has 0 heterocycles. The fourth-order valence-corrected chi connectivity index (χ4v) is 3.78. The zero-order chi connectivity index (χ0) is 19.6. The predicted molar refractivity (Wildman–Crippen MR) is 115 cm³/mol. The van der Waals surface area contributed by atoms with E-state index < -0.39 is 0 Å². The van der Waals surface area contributed by atoms with Crippen LogP contribution in [0.25, 0.3) is 0 Å². The van der Waals surface area contributed by atoms with Crippen molar-refractivity contribution in [2.75, 3.05) is 6.61 Å². The number of hydrogen-bond donors (Lipinski definition) is 0. The molecule has 1 atom stereocenters. The molecule has 0 aliphatic carbocycles. The Balaban J connectivity index is 4.98. The van der Waals surface area contributed by atoms with Gasteiger partial charge in [0, 0.05) is 17.6 Å². The predicted octanol–water partition coefficient (Wildman–Crippen LogP) is 3.40. The fourth-order valence-electron chi connectivity index (χ4n) is 3.78. The van der Waals surface area contributed by atoms with Gasteiger partial charge >= 0.3 is 0 Å². The van der Waals surface area contributed by atoms with Crippen LogP contribution in [0, 0.1) is 5.41 Å². The molecule has 0 saturated carbocycles. The minimum Gasteiger partial charge on any atom is -0.384 e. The molecule has 0 radical (unpaired) electrons. The van der Waals surface area contributed by atoms with E-state index in [1.54, 1.807) is 0 Å². The highest BCUT2D eigenvalue weighted by atomic mass is 16.5. The van der Waals surface area contributed by atoms with Gasteiger partial charge in [0.25, 0.3) is 0 Å². The summed E-state index contributed by atoms with van der Waals surface area (Å²) in [6.07, 6.45) is 0.998. The summed E-state index contributed by atoms with van der Waals surface area (Å²) in [6, 6.07) is 0. The first kappa shape index (κ1) is 24.1. The van der Waals surface area contributed by atoms with Crippen LogP contribution in [0.15, 0.2) is 0 Å². The van der Waals surface area contributed by atoms with Crippen LogP contribution in [0.5, 0.6) is 0 Å². The maximum absolute atomic E-state index is 6.37. The Morgan fingerprint density at radius 1 is 0.875 bits per heavy atom. The smallest absolute Gasteiger partial charge is 0.163 e. The average molecular weight is 336 g/mol. The maximum atomic E-state index is 6.37. The van der Waals surface area contributed by atoms with Crippen LogP contribution in [-0.2, 0) is 9.47 Å². The van der Waals surface area contributed by atoms with Gasteiger partial charge in [-0.05, 0) is 58.7 Å². The van der Waals surface area contributed by atoms with Gasteiger partial charge in [0.05, 0.1) is 5.60 Å². The zero-order valence-electron chi connectivity index (χ0n) is 19.0. The summed E-state index contributed by atoms with van der Waals surface area (Å²) in [5, 5.41) is 0.0692. The van der Waals surface area contributed by atoms with Crippen LogP contribution >= 0.6 is 0 Å². The van der Waals surface area contributed by atoms with Gasteiger partial charge in [0.15, 0.2) is 7.28 Å². The van der Waals surface area contributed by atoms with Crippen molar-refractivity contribution in [3.63, 3.8) is 0 Å². The molecule has 0 aromatic rings. The highest BCUT2D eigenvalue weighted by Gasteiger charge is 2.43. The molecule has 0 amide bonds. The van der Waals surface area contributed by atoms with Gasteiger partial charge < -0.3 is 9.47 Å². The fraction of sp³-hybridized carbons (Fsp3) is 1.00. The first-order chi connectivity index (χ1) is 10.3. The molecule has 0 spiro atoms. The summed E-state index contributed by atoms with van der Waals surface area (Å²) < 4.78 is 12.7. The molecule has 140 valence electrons. The van der Waals surface area contributed by atoms with Gasteiger partial charge in [-0.1, -0.05) is 40.4 Å². The molecule has 0 aromatic heterocycles. The van der Waals surface area contributed by atoms with Crippen molar-refractivity contribution in [1.82, 2.24) is 0 Å². The van der Waals surface area contributed by atoms with Crippen LogP contribution in [0.4, 0.5) is 0 Å². The Morgan fingerprint density at radius 3 is 1.71 bits per heavy atom. The molecular formula is C19H43B3O2. The summed E-state index contributed by atoms with van der Waals surface area (Å²) in [5.41, 5.74) is -0.249. The lowest BCUT2D eigenvalue weighted by Crippen LogP contribution is -2.45. The third kappa shape index (κ3) is 8.99. The second-order valence-electron chi connectivity index (χ2n) is 11.6. The molecule has 0 aromatic carbocycles. The SMILES string of the molecule is BC(C)(C)OC(C)(C)CC(C)(C)C(B)(C)COC(C)(C)BC(C)C. The molecule has 0 aliphatic rings. The van der Waals surface area contributed by atoms with Gasteiger partial charge in [-0.3, -0.25) is 0 Å². The van der Waals surface area contributed by atoms with E-state index in [0.717, 1.165) is 20.3 Å². The summed E-state index contributed by atoms with van der Waals surface area (Å²) in [4.78, 5) is 0. The van der Waals surface area contributed by atoms with E-state index in [2.05, 4.69) is 91.9 Å². The molecule has 0 fully saturated rings. The van der Waals surface area contributed by atoms with Gasteiger partial charge in [0.1, 0.15) is 15.7 Å². The van der Waals surface area contributed by atoms with E-state index in [9.17, 15) is 0 Å². The molecule has 1 unspecified atom stereocenters. The topological polar surface area (TPSA) is 18.5 Å². The second kappa shape index (κ2) is 7.78. The van der Waals surface area contributed by atoms with E-state index in [1.807, 2.05) is 0 Å². The third-order valence-corrected chi connectivity index (χ3v) is 5.01. The number of ether oxygens (including phenoxy) is 2. The Hall–Kier alpha value is 0.115. The van der Waals surface area contributed by atoms with Crippen molar-refractivity contribution in [3.05, 3.63) is 0 Å². The molecule has 5 heteroatoms. The van der Waals surface area contributed by atoms with E-state index in [-0.39, 0.29) is 27.3 Å². The minimum absolute atomic E-state index is 0.0692. The van der Waals surface area contributed by atoms with Crippen molar-refractivity contribution < 1.29 is 9.47 Å². The first-order valence-corrected chi connectivity index (χ1v) is 9.63. The lowest BCUT2D eigenvalue weighted by atomic mass is 9.51. The molecule has 0 bridgehead atoms. The Kier molecular flexibility index (Phi) is 7.82. The molecule has 2 nitrogen and oxygen atoms in total. The van der Waals surface area contributed by atoms with Crippen LogP contribution < -0.4 is 0 Å². The molecule has 0 saturated heterocycles. The molecule has 24 heavy (non-hydrogen) atoms. The van der Waals surface area contributed by atoms with Gasteiger partial charge in [0.2, 0.25) is 0 Å². The van der Waals surface area contributed by atoms with Crippen LogP contribution in [0.1, 0.15) is 82.6 Å². The van der Waals surface area contributed by atoms with E-state index >= 15 is 0 Å². The number of hydrogen-bond acceptors (Lipinski definition) is 2. The first-order valence-electron chi connectivity index (χ1n) is 9.63. The summed E-state index contributed by atoms with van der Waals surface area (Å²) >= 11 is 0. The molecule has 0 aliphatic heterocycles. The molecule has 0 rings (SSSR count). The van der Waals surface area contributed by atoms with Gasteiger partial charge in [-0.15, -0.1) is 0 Å². The number of rotatable bonds is 10. The van der Waals surface area contributed by atoms with Crippen molar-refractivity contribution in [1.29, 1.82) is 0 Å². The van der Waals surface area contributed by atoms with Crippen molar-refractivity contribution in [2.45, 2.75) is 110 Å². The van der Waals surface area contributed by atoms with Gasteiger partial charge in [-0.2, -0.15) is 0 Å². The minimum atomic E-state index is -0.160. The Labute approximate surface area is 155 Å². The van der Waals surface area contributed by atoms with E-state index in [0.29, 0.717) is 5.82 Å².